The predicted molar refractivity (Wildman–Crippen MR) is 94.2 cm³/mol. The lowest BCUT2D eigenvalue weighted by Gasteiger charge is -2.14. The van der Waals surface area contributed by atoms with Crippen LogP contribution in [0.3, 0.4) is 0 Å². The van der Waals surface area contributed by atoms with Crippen LogP contribution < -0.4 is 5.32 Å². The van der Waals surface area contributed by atoms with Crippen LogP contribution in [0.15, 0.2) is 24.3 Å². The summed E-state index contributed by atoms with van der Waals surface area (Å²) >= 11 is 1.00. The molecule has 7 heteroatoms. The number of aromatic nitrogens is 1. The normalized spacial score (nSPS) is 14.7. The quantitative estimate of drug-likeness (QED) is 0.903. The molecule has 6 nitrogen and oxygen atoms in total. The number of fused-ring (bicyclic) bond motifs is 1. The maximum atomic E-state index is 12.6. The molecule has 24 heavy (non-hydrogen) atoms. The van der Waals surface area contributed by atoms with E-state index >= 15 is 0 Å². The molecule has 126 valence electrons. The Labute approximate surface area is 144 Å². The van der Waals surface area contributed by atoms with Crippen molar-refractivity contribution < 1.29 is 14.4 Å². The van der Waals surface area contributed by atoms with Gasteiger partial charge in [0.15, 0.2) is 0 Å². The van der Waals surface area contributed by atoms with Crippen molar-refractivity contribution in [1.29, 1.82) is 0 Å². The minimum absolute atomic E-state index is 0.183. The van der Waals surface area contributed by atoms with E-state index in [9.17, 15) is 14.4 Å². The number of carbonyl (C=O) groups is 3. The average Bonchev–Trinajstić information content (AvgIpc) is 3.06. The van der Waals surface area contributed by atoms with Gasteiger partial charge in [0.25, 0.3) is 11.1 Å². The van der Waals surface area contributed by atoms with Crippen molar-refractivity contribution in [1.82, 2.24) is 14.8 Å². The first kappa shape index (κ1) is 16.6. The van der Waals surface area contributed by atoms with Crippen LogP contribution >= 0.6 is 11.8 Å². The first-order valence-corrected chi connectivity index (χ1v) is 8.86. The van der Waals surface area contributed by atoms with Crippen LogP contribution in [-0.4, -0.2) is 45.4 Å². The monoisotopic (exact) mass is 345 g/mol. The molecular weight excluding hydrogens is 326 g/mol. The molecule has 1 N–H and O–H groups in total. The second-order valence-electron chi connectivity index (χ2n) is 5.59. The molecular formula is C17H19N3O3S. The Bertz CT molecular complexity index is 812. The average molecular weight is 345 g/mol. The molecule has 0 atom stereocenters. The summed E-state index contributed by atoms with van der Waals surface area (Å²) in [6, 6.07) is 7.92. The molecule has 2 heterocycles. The lowest BCUT2D eigenvalue weighted by atomic mass is 10.1. The molecule has 0 spiro atoms. The van der Waals surface area contributed by atoms with Gasteiger partial charge in [-0.2, -0.15) is 0 Å². The van der Waals surface area contributed by atoms with E-state index in [0.717, 1.165) is 28.2 Å². The van der Waals surface area contributed by atoms with Crippen molar-refractivity contribution in [3.05, 3.63) is 35.5 Å². The number of aryl methyl sites for hydroxylation is 2. The Balaban J connectivity index is 1.76. The molecule has 3 amide bonds. The zero-order chi connectivity index (χ0) is 17.3. The fraction of sp³-hybridized carbons (Fsp3) is 0.353. The number of carbonyl (C=O) groups excluding carboxylic acids is 3. The van der Waals surface area contributed by atoms with Gasteiger partial charge in [-0.25, -0.2) is 0 Å². The second-order valence-corrected chi connectivity index (χ2v) is 6.52. The Morgan fingerprint density at radius 2 is 2.04 bits per heavy atom. The molecule has 2 aromatic rings. The minimum atomic E-state index is -0.242. The van der Waals surface area contributed by atoms with E-state index in [-0.39, 0.29) is 35.9 Å². The summed E-state index contributed by atoms with van der Waals surface area (Å²) in [7, 11) is 0. The van der Waals surface area contributed by atoms with E-state index in [0.29, 0.717) is 12.2 Å². The molecule has 0 aliphatic carbocycles. The van der Waals surface area contributed by atoms with Gasteiger partial charge in [-0.1, -0.05) is 30.0 Å². The van der Waals surface area contributed by atoms with Crippen LogP contribution in [0.4, 0.5) is 4.79 Å². The molecule has 0 radical (unpaired) electrons. The summed E-state index contributed by atoms with van der Waals surface area (Å²) in [5.74, 6) is -0.189. The third-order valence-electron chi connectivity index (χ3n) is 4.22. The highest BCUT2D eigenvalue weighted by Crippen LogP contribution is 2.25. The summed E-state index contributed by atoms with van der Waals surface area (Å²) in [4.78, 5) is 36.9. The zero-order valence-electron chi connectivity index (χ0n) is 13.7. The maximum Gasteiger partial charge on any atom is 0.288 e. The van der Waals surface area contributed by atoms with Crippen LogP contribution in [0.1, 0.15) is 23.0 Å². The maximum absolute atomic E-state index is 12.6. The summed E-state index contributed by atoms with van der Waals surface area (Å²) in [6.45, 7) is 5.09. The van der Waals surface area contributed by atoms with Gasteiger partial charge in [0.2, 0.25) is 5.91 Å². The van der Waals surface area contributed by atoms with Gasteiger partial charge in [-0.3, -0.25) is 19.3 Å². The summed E-state index contributed by atoms with van der Waals surface area (Å²) in [6.07, 6.45) is 0. The molecule has 1 aromatic heterocycles. The number of hydrogen-bond acceptors (Lipinski definition) is 4. The summed E-state index contributed by atoms with van der Waals surface area (Å²) in [5.41, 5.74) is 2.60. The van der Waals surface area contributed by atoms with Crippen LogP contribution in [0.5, 0.6) is 0 Å². The minimum Gasteiger partial charge on any atom is -0.349 e. The molecule has 1 aliphatic heterocycles. The fourth-order valence-electron chi connectivity index (χ4n) is 3.06. The topological polar surface area (TPSA) is 71.4 Å². The first-order chi connectivity index (χ1) is 11.5. The summed E-state index contributed by atoms with van der Waals surface area (Å²) in [5, 5.41) is 3.65. The fourth-order valence-corrected chi connectivity index (χ4v) is 3.81. The number of thioether (sulfide) groups is 1. The predicted octanol–water partition coefficient (Wildman–Crippen LogP) is 2.39. The number of rotatable bonds is 5. The van der Waals surface area contributed by atoms with Gasteiger partial charge in [-0.05, 0) is 25.5 Å². The van der Waals surface area contributed by atoms with E-state index in [4.69, 9.17) is 0 Å². The molecule has 1 fully saturated rings. The van der Waals surface area contributed by atoms with Crippen molar-refractivity contribution in [2.75, 3.05) is 18.8 Å². The van der Waals surface area contributed by atoms with Crippen molar-refractivity contribution in [3.63, 3.8) is 0 Å². The molecule has 0 unspecified atom stereocenters. The van der Waals surface area contributed by atoms with Gasteiger partial charge in [0.05, 0.1) is 5.75 Å². The third kappa shape index (κ3) is 2.80. The highest BCUT2D eigenvalue weighted by atomic mass is 32.2. The van der Waals surface area contributed by atoms with Gasteiger partial charge >= 0.3 is 0 Å². The van der Waals surface area contributed by atoms with Gasteiger partial charge < -0.3 is 9.88 Å². The number of hydrogen-bond donors (Lipinski definition) is 1. The van der Waals surface area contributed by atoms with Gasteiger partial charge in [0.1, 0.15) is 5.69 Å². The number of imide groups is 1. The molecule has 1 aromatic carbocycles. The number of amides is 3. The molecule has 0 bridgehead atoms. The third-order valence-corrected chi connectivity index (χ3v) is 5.08. The Morgan fingerprint density at radius 1 is 1.29 bits per heavy atom. The number of para-hydroxylation sites is 1. The lowest BCUT2D eigenvalue weighted by molar-refractivity contribution is -0.124. The van der Waals surface area contributed by atoms with Gasteiger partial charge in [-0.15, -0.1) is 0 Å². The van der Waals surface area contributed by atoms with Crippen LogP contribution in [0, 0.1) is 6.92 Å². The van der Waals surface area contributed by atoms with Crippen LogP contribution in [-0.2, 0) is 11.3 Å². The smallest absolute Gasteiger partial charge is 0.288 e. The SMILES string of the molecule is CCn1c(C(=O)NCCN2C(=O)CSC2=O)c(C)c2ccccc21. The second kappa shape index (κ2) is 6.68. The highest BCUT2D eigenvalue weighted by Gasteiger charge is 2.29. The van der Waals surface area contributed by atoms with E-state index in [1.165, 1.54) is 4.90 Å². The van der Waals surface area contributed by atoms with Crippen molar-refractivity contribution in [2.45, 2.75) is 20.4 Å². The van der Waals surface area contributed by atoms with E-state index < -0.39 is 0 Å². The van der Waals surface area contributed by atoms with Gasteiger partial charge in [0, 0.05) is 30.5 Å². The molecule has 1 aliphatic rings. The lowest BCUT2D eigenvalue weighted by Crippen LogP contribution is -2.38. The van der Waals surface area contributed by atoms with E-state index in [1.54, 1.807) is 0 Å². The largest absolute Gasteiger partial charge is 0.349 e. The Kier molecular flexibility index (Phi) is 4.62. The molecule has 1 saturated heterocycles. The molecule has 0 saturated carbocycles. The van der Waals surface area contributed by atoms with Crippen LogP contribution in [0.2, 0.25) is 0 Å². The zero-order valence-corrected chi connectivity index (χ0v) is 14.5. The van der Waals surface area contributed by atoms with Crippen molar-refractivity contribution in [2.24, 2.45) is 0 Å². The molecule has 3 rings (SSSR count). The van der Waals surface area contributed by atoms with Crippen molar-refractivity contribution >= 4 is 39.7 Å². The van der Waals surface area contributed by atoms with E-state index in [2.05, 4.69) is 5.32 Å². The Hall–Kier alpha value is -2.28. The number of nitrogens with zero attached hydrogens (tertiary/aromatic N) is 2. The number of benzene rings is 1. The van der Waals surface area contributed by atoms with E-state index in [1.807, 2.05) is 42.7 Å². The Morgan fingerprint density at radius 3 is 2.71 bits per heavy atom. The number of nitrogens with one attached hydrogen (secondary N) is 1. The van der Waals surface area contributed by atoms with Crippen LogP contribution in [0.25, 0.3) is 10.9 Å². The highest BCUT2D eigenvalue weighted by molar-refractivity contribution is 8.14. The summed E-state index contributed by atoms with van der Waals surface area (Å²) < 4.78 is 1.99. The first-order valence-electron chi connectivity index (χ1n) is 7.87. The standard InChI is InChI=1S/C17H19N3O3S/c1-3-19-13-7-5-4-6-12(13)11(2)15(19)16(22)18-8-9-20-14(21)10-24-17(20)23/h4-7H,3,8-10H2,1-2H3,(H,18,22). The van der Waals surface area contributed by atoms with Crippen molar-refractivity contribution in [3.8, 4) is 0 Å².